The molecule has 2 saturated carbocycles. The first-order valence-corrected chi connectivity index (χ1v) is 13.3. The molecule has 1 aliphatic heterocycles. The summed E-state index contributed by atoms with van der Waals surface area (Å²) in [5, 5.41) is 14.6. The molecule has 1 unspecified atom stereocenters. The molecule has 2 aliphatic carbocycles. The standard InChI is InChI=1S/C20H26BrN5O4S/c1-31(29,30)25-8-4-13(5-9-25)23-19-22-11-12-10-14(21)18(28)26(17(12)24-19)15-2-3-16(27)20(15)6-7-20/h10-11,13,15-16,27H,2-9H2,1H3,(H,22,23,24)/t15-,16?/m1/s1. The van der Waals surface area contributed by atoms with Crippen LogP contribution in [0.2, 0.25) is 0 Å². The van der Waals surface area contributed by atoms with E-state index in [-0.39, 0.29) is 29.2 Å². The summed E-state index contributed by atoms with van der Waals surface area (Å²) in [6.07, 6.45) is 7.20. The van der Waals surface area contributed by atoms with Crippen LogP contribution in [0, 0.1) is 5.41 Å². The molecule has 9 nitrogen and oxygen atoms in total. The number of fused-ring (bicyclic) bond motifs is 1. The van der Waals surface area contributed by atoms with Crippen molar-refractivity contribution in [2.45, 2.75) is 56.7 Å². The fraction of sp³-hybridized carbons (Fsp3) is 0.650. The van der Waals surface area contributed by atoms with Gasteiger partial charge in [0.15, 0.2) is 0 Å². The Kier molecular flexibility index (Phi) is 5.15. The van der Waals surface area contributed by atoms with E-state index in [0.717, 1.165) is 24.6 Å². The van der Waals surface area contributed by atoms with Crippen molar-refractivity contribution in [1.29, 1.82) is 0 Å². The number of aliphatic hydroxyl groups is 1. The Morgan fingerprint density at radius 3 is 2.58 bits per heavy atom. The van der Waals surface area contributed by atoms with Gasteiger partial charge in [0, 0.05) is 42.2 Å². The van der Waals surface area contributed by atoms with Crippen LogP contribution in [0.5, 0.6) is 0 Å². The summed E-state index contributed by atoms with van der Waals surface area (Å²) in [4.78, 5) is 22.3. The minimum atomic E-state index is -3.17. The molecule has 0 radical (unpaired) electrons. The van der Waals surface area contributed by atoms with E-state index in [2.05, 4.69) is 26.2 Å². The highest BCUT2D eigenvalue weighted by atomic mass is 79.9. The summed E-state index contributed by atoms with van der Waals surface area (Å²) in [6.45, 7) is 0.925. The van der Waals surface area contributed by atoms with Crippen LogP contribution >= 0.6 is 15.9 Å². The normalized spacial score (nSPS) is 26.5. The molecule has 168 valence electrons. The Balaban J connectivity index is 1.46. The smallest absolute Gasteiger partial charge is 0.266 e. The van der Waals surface area contributed by atoms with Gasteiger partial charge in [-0.05, 0) is 60.5 Å². The third-order valence-corrected chi connectivity index (χ3v) is 9.04. The number of pyridine rings is 1. The molecule has 5 rings (SSSR count). The molecule has 2 atom stereocenters. The van der Waals surface area contributed by atoms with E-state index in [1.165, 1.54) is 10.6 Å². The van der Waals surface area contributed by atoms with E-state index >= 15 is 0 Å². The average Bonchev–Trinajstić information content (AvgIpc) is 3.46. The zero-order valence-corrected chi connectivity index (χ0v) is 19.7. The van der Waals surface area contributed by atoms with Crippen LogP contribution in [0.1, 0.15) is 44.6 Å². The van der Waals surface area contributed by atoms with Gasteiger partial charge in [-0.1, -0.05) is 0 Å². The highest BCUT2D eigenvalue weighted by molar-refractivity contribution is 9.10. The van der Waals surface area contributed by atoms with Crippen LogP contribution in [-0.2, 0) is 10.0 Å². The molecule has 3 aliphatic rings. The van der Waals surface area contributed by atoms with Crippen molar-refractivity contribution < 1.29 is 13.5 Å². The molecular formula is C20H26BrN5O4S. The maximum atomic E-state index is 13.1. The molecule has 1 saturated heterocycles. The fourth-order valence-corrected chi connectivity index (χ4v) is 6.58. The maximum absolute atomic E-state index is 13.1. The van der Waals surface area contributed by atoms with Crippen LogP contribution in [0.15, 0.2) is 21.5 Å². The van der Waals surface area contributed by atoms with Gasteiger partial charge in [-0.2, -0.15) is 4.98 Å². The molecule has 2 N–H and O–H groups in total. The Hall–Kier alpha value is -1.56. The molecule has 2 aromatic heterocycles. The van der Waals surface area contributed by atoms with Gasteiger partial charge in [0.1, 0.15) is 5.65 Å². The highest BCUT2D eigenvalue weighted by Crippen LogP contribution is 2.63. The third kappa shape index (κ3) is 3.69. The quantitative estimate of drug-likeness (QED) is 0.642. The van der Waals surface area contributed by atoms with E-state index < -0.39 is 10.0 Å². The monoisotopic (exact) mass is 511 g/mol. The van der Waals surface area contributed by atoms with Crippen molar-refractivity contribution in [3.63, 3.8) is 0 Å². The fourth-order valence-electron chi connectivity index (χ4n) is 5.27. The van der Waals surface area contributed by atoms with Crippen LogP contribution in [-0.4, -0.2) is 63.9 Å². The van der Waals surface area contributed by atoms with Crippen LogP contribution in [0.3, 0.4) is 0 Å². The number of nitrogens with one attached hydrogen (secondary N) is 1. The second-order valence-corrected chi connectivity index (χ2v) is 11.9. The zero-order valence-electron chi connectivity index (χ0n) is 17.3. The van der Waals surface area contributed by atoms with Gasteiger partial charge in [-0.3, -0.25) is 9.36 Å². The van der Waals surface area contributed by atoms with Gasteiger partial charge in [0.05, 0.1) is 16.8 Å². The van der Waals surface area contributed by atoms with Crippen molar-refractivity contribution in [1.82, 2.24) is 18.8 Å². The van der Waals surface area contributed by atoms with Crippen molar-refractivity contribution in [2.75, 3.05) is 24.7 Å². The van der Waals surface area contributed by atoms with E-state index in [1.807, 2.05) is 0 Å². The van der Waals surface area contributed by atoms with Crippen molar-refractivity contribution in [3.8, 4) is 0 Å². The number of anilines is 1. The molecule has 1 spiro atoms. The summed E-state index contributed by atoms with van der Waals surface area (Å²) in [5.41, 5.74) is 0.225. The summed E-state index contributed by atoms with van der Waals surface area (Å²) in [7, 11) is -3.17. The Labute approximate surface area is 189 Å². The summed E-state index contributed by atoms with van der Waals surface area (Å²) in [5.74, 6) is 0.434. The molecule has 2 aromatic rings. The Morgan fingerprint density at radius 2 is 1.94 bits per heavy atom. The molecule has 3 heterocycles. The summed E-state index contributed by atoms with van der Waals surface area (Å²) < 4.78 is 27.2. The van der Waals surface area contributed by atoms with Gasteiger partial charge in [0.25, 0.3) is 5.56 Å². The van der Waals surface area contributed by atoms with Crippen LogP contribution < -0.4 is 10.9 Å². The summed E-state index contributed by atoms with van der Waals surface area (Å²) in [6, 6.07) is 1.73. The number of hydrogen-bond acceptors (Lipinski definition) is 7. The minimum Gasteiger partial charge on any atom is -0.392 e. The number of hydrogen-bond donors (Lipinski definition) is 2. The number of aromatic nitrogens is 3. The van der Waals surface area contributed by atoms with Crippen LogP contribution in [0.25, 0.3) is 11.0 Å². The lowest BCUT2D eigenvalue weighted by Crippen LogP contribution is -2.42. The number of sulfonamides is 1. The van der Waals surface area contributed by atoms with Crippen molar-refractivity contribution in [2.24, 2.45) is 5.41 Å². The number of piperidine rings is 1. The highest BCUT2D eigenvalue weighted by Gasteiger charge is 2.59. The second kappa shape index (κ2) is 7.50. The Morgan fingerprint density at radius 1 is 1.23 bits per heavy atom. The van der Waals surface area contributed by atoms with Crippen molar-refractivity contribution >= 4 is 42.9 Å². The lowest BCUT2D eigenvalue weighted by atomic mass is 9.98. The van der Waals surface area contributed by atoms with Crippen molar-refractivity contribution in [3.05, 3.63) is 27.1 Å². The van der Waals surface area contributed by atoms with Crippen LogP contribution in [0.4, 0.5) is 5.95 Å². The first-order valence-electron chi connectivity index (χ1n) is 10.7. The summed E-state index contributed by atoms with van der Waals surface area (Å²) >= 11 is 3.39. The molecular weight excluding hydrogens is 486 g/mol. The molecule has 0 amide bonds. The predicted octanol–water partition coefficient (Wildman–Crippen LogP) is 1.87. The lowest BCUT2D eigenvalue weighted by Gasteiger charge is -2.30. The van der Waals surface area contributed by atoms with Gasteiger partial charge < -0.3 is 10.4 Å². The van der Waals surface area contributed by atoms with E-state index in [0.29, 0.717) is 48.4 Å². The van der Waals surface area contributed by atoms with Gasteiger partial charge in [0.2, 0.25) is 16.0 Å². The molecule has 3 fully saturated rings. The van der Waals surface area contributed by atoms with Gasteiger partial charge >= 0.3 is 0 Å². The number of aliphatic hydroxyl groups excluding tert-OH is 1. The van der Waals surface area contributed by atoms with E-state index in [9.17, 15) is 18.3 Å². The zero-order chi connectivity index (χ0) is 22.0. The lowest BCUT2D eigenvalue weighted by molar-refractivity contribution is 0.103. The largest absolute Gasteiger partial charge is 0.392 e. The number of rotatable bonds is 4. The van der Waals surface area contributed by atoms with Gasteiger partial charge in [-0.25, -0.2) is 17.7 Å². The molecule has 11 heteroatoms. The predicted molar refractivity (Wildman–Crippen MR) is 121 cm³/mol. The van der Waals surface area contributed by atoms with E-state index in [1.54, 1.807) is 16.8 Å². The SMILES string of the molecule is CS(=O)(=O)N1CCC(Nc2ncc3cc(Br)c(=O)n([C@@H]4CCC(O)C45CC5)c3n2)CC1. The number of nitrogens with zero attached hydrogens (tertiary/aromatic N) is 4. The molecule has 0 aromatic carbocycles. The molecule has 0 bridgehead atoms. The second-order valence-electron chi connectivity index (χ2n) is 9.06. The Bertz CT molecular complexity index is 1190. The maximum Gasteiger partial charge on any atom is 0.266 e. The first kappa shape index (κ1) is 21.3. The number of halogens is 1. The van der Waals surface area contributed by atoms with E-state index in [4.69, 9.17) is 4.98 Å². The first-order chi connectivity index (χ1) is 14.7. The third-order valence-electron chi connectivity index (χ3n) is 7.17. The van der Waals surface area contributed by atoms with Gasteiger partial charge in [-0.15, -0.1) is 0 Å². The molecule has 31 heavy (non-hydrogen) atoms. The average molecular weight is 512 g/mol. The minimum absolute atomic E-state index is 0.0640. The topological polar surface area (TPSA) is 117 Å².